The van der Waals surface area contributed by atoms with Gasteiger partial charge in [-0.3, -0.25) is 14.9 Å². The first-order valence-electron chi connectivity index (χ1n) is 9.07. The number of hydrogen-bond acceptors (Lipinski definition) is 5. The minimum absolute atomic E-state index is 0.0385. The third-order valence-electron chi connectivity index (χ3n) is 5.16. The van der Waals surface area contributed by atoms with Crippen LogP contribution in [0.25, 0.3) is 0 Å². The maximum Gasteiger partial charge on any atom is 0.293 e. The second-order valence-electron chi connectivity index (χ2n) is 6.97. The number of carbonyl (C=O) groups is 1. The van der Waals surface area contributed by atoms with Crippen LogP contribution in [0.5, 0.6) is 0 Å². The standard InChI is InChI=1S/C18H26N4O3/c1-19-12-14-5-4-10-21(13-14)18(23)15-6-7-16(17(11-15)22(24)25)20-8-2-3-9-20/h6-7,11,14,19H,2-5,8-10,12-13H2,1H3. The maximum absolute atomic E-state index is 12.8. The summed E-state index contributed by atoms with van der Waals surface area (Å²) >= 11 is 0. The van der Waals surface area contributed by atoms with Crippen LogP contribution in [0.3, 0.4) is 0 Å². The molecule has 0 spiro atoms. The normalized spacial score (nSPS) is 20.8. The number of hydrogen-bond donors (Lipinski definition) is 1. The lowest BCUT2D eigenvalue weighted by Crippen LogP contribution is -2.42. The van der Waals surface area contributed by atoms with Crippen molar-refractivity contribution in [2.45, 2.75) is 25.7 Å². The molecule has 7 heteroatoms. The van der Waals surface area contributed by atoms with E-state index in [9.17, 15) is 14.9 Å². The third kappa shape index (κ3) is 3.92. The monoisotopic (exact) mass is 346 g/mol. The van der Waals surface area contributed by atoms with E-state index in [1.165, 1.54) is 6.07 Å². The van der Waals surface area contributed by atoms with Gasteiger partial charge in [0.1, 0.15) is 5.69 Å². The molecule has 2 heterocycles. The predicted molar refractivity (Wildman–Crippen MR) is 97.1 cm³/mol. The smallest absolute Gasteiger partial charge is 0.293 e. The molecule has 25 heavy (non-hydrogen) atoms. The number of nitrogens with zero attached hydrogens (tertiary/aromatic N) is 3. The van der Waals surface area contributed by atoms with Crippen molar-refractivity contribution in [1.29, 1.82) is 0 Å². The van der Waals surface area contributed by atoms with E-state index in [0.717, 1.165) is 51.9 Å². The van der Waals surface area contributed by atoms with Gasteiger partial charge in [-0.25, -0.2) is 0 Å². The molecule has 1 amide bonds. The highest BCUT2D eigenvalue weighted by Gasteiger charge is 2.27. The summed E-state index contributed by atoms with van der Waals surface area (Å²) in [5, 5.41) is 14.7. The number of nitro benzene ring substituents is 1. The average molecular weight is 346 g/mol. The van der Waals surface area contributed by atoms with Crippen molar-refractivity contribution in [2.24, 2.45) is 5.92 Å². The van der Waals surface area contributed by atoms with Gasteiger partial charge in [0, 0.05) is 37.8 Å². The maximum atomic E-state index is 12.8. The van der Waals surface area contributed by atoms with Crippen LogP contribution in [0, 0.1) is 16.0 Å². The Bertz CT molecular complexity index is 641. The van der Waals surface area contributed by atoms with Crippen molar-refractivity contribution in [3.05, 3.63) is 33.9 Å². The topological polar surface area (TPSA) is 78.7 Å². The minimum atomic E-state index is -0.371. The molecule has 0 aliphatic carbocycles. The SMILES string of the molecule is CNCC1CCCN(C(=O)c2ccc(N3CCCC3)c([N+](=O)[O-])c2)C1. The van der Waals surface area contributed by atoms with Gasteiger partial charge in [-0.1, -0.05) is 0 Å². The van der Waals surface area contributed by atoms with E-state index in [1.807, 2.05) is 16.8 Å². The molecule has 0 saturated carbocycles. The lowest BCUT2D eigenvalue weighted by atomic mass is 9.97. The van der Waals surface area contributed by atoms with Crippen LogP contribution in [0.2, 0.25) is 0 Å². The first kappa shape index (κ1) is 17.7. The van der Waals surface area contributed by atoms with Gasteiger partial charge in [0.25, 0.3) is 11.6 Å². The fourth-order valence-electron chi connectivity index (χ4n) is 3.92. The Kier molecular flexibility index (Phi) is 5.53. The van der Waals surface area contributed by atoms with Gasteiger partial charge in [-0.05, 0) is 57.3 Å². The summed E-state index contributed by atoms with van der Waals surface area (Å²) in [6.07, 6.45) is 4.20. The van der Waals surface area contributed by atoms with Gasteiger partial charge in [-0.15, -0.1) is 0 Å². The first-order valence-corrected chi connectivity index (χ1v) is 9.07. The number of anilines is 1. The first-order chi connectivity index (χ1) is 12.1. The Morgan fingerprint density at radius 3 is 2.72 bits per heavy atom. The van der Waals surface area contributed by atoms with E-state index >= 15 is 0 Å². The van der Waals surface area contributed by atoms with Gasteiger partial charge in [0.15, 0.2) is 0 Å². The second kappa shape index (κ2) is 7.82. The summed E-state index contributed by atoms with van der Waals surface area (Å²) in [7, 11) is 1.92. The fraction of sp³-hybridized carbons (Fsp3) is 0.611. The van der Waals surface area contributed by atoms with Crippen molar-refractivity contribution in [2.75, 3.05) is 44.7 Å². The minimum Gasteiger partial charge on any atom is -0.366 e. The number of amides is 1. The Morgan fingerprint density at radius 1 is 1.28 bits per heavy atom. The zero-order valence-electron chi connectivity index (χ0n) is 14.7. The summed E-state index contributed by atoms with van der Waals surface area (Å²) in [6.45, 7) is 4.00. The van der Waals surface area contributed by atoms with E-state index in [1.54, 1.807) is 12.1 Å². The highest BCUT2D eigenvalue weighted by molar-refractivity contribution is 5.96. The summed E-state index contributed by atoms with van der Waals surface area (Å²) in [5.41, 5.74) is 1.09. The molecule has 1 aromatic rings. The van der Waals surface area contributed by atoms with Gasteiger partial charge in [-0.2, -0.15) is 0 Å². The zero-order valence-corrected chi connectivity index (χ0v) is 14.7. The van der Waals surface area contributed by atoms with Gasteiger partial charge in [0.2, 0.25) is 0 Å². The van der Waals surface area contributed by atoms with Gasteiger partial charge in [0.05, 0.1) is 4.92 Å². The third-order valence-corrected chi connectivity index (χ3v) is 5.16. The van der Waals surface area contributed by atoms with Crippen molar-refractivity contribution in [3.8, 4) is 0 Å². The second-order valence-corrected chi connectivity index (χ2v) is 6.97. The molecule has 2 aliphatic rings. The summed E-state index contributed by atoms with van der Waals surface area (Å²) in [6, 6.07) is 4.94. The van der Waals surface area contributed by atoms with Crippen molar-refractivity contribution in [3.63, 3.8) is 0 Å². The summed E-state index contributed by atoms with van der Waals surface area (Å²) in [4.78, 5) is 27.8. The number of rotatable bonds is 5. The van der Waals surface area contributed by atoms with Crippen molar-refractivity contribution in [1.82, 2.24) is 10.2 Å². The molecule has 0 bridgehead atoms. The molecule has 3 rings (SSSR count). The molecule has 2 aliphatic heterocycles. The molecule has 2 fully saturated rings. The lowest BCUT2D eigenvalue weighted by molar-refractivity contribution is -0.384. The van der Waals surface area contributed by atoms with Crippen LogP contribution in [-0.2, 0) is 0 Å². The van der Waals surface area contributed by atoms with Crippen LogP contribution < -0.4 is 10.2 Å². The largest absolute Gasteiger partial charge is 0.366 e. The molecule has 136 valence electrons. The molecule has 1 aromatic carbocycles. The van der Waals surface area contributed by atoms with Crippen molar-refractivity contribution < 1.29 is 9.72 Å². The lowest BCUT2D eigenvalue weighted by Gasteiger charge is -2.32. The van der Waals surface area contributed by atoms with Crippen LogP contribution in [0.4, 0.5) is 11.4 Å². The molecular weight excluding hydrogens is 320 g/mol. The Hall–Kier alpha value is -2.15. The number of benzene rings is 1. The van der Waals surface area contributed by atoms with Gasteiger partial charge >= 0.3 is 0 Å². The van der Waals surface area contributed by atoms with Crippen LogP contribution in [0.1, 0.15) is 36.0 Å². The summed E-state index contributed by atoms with van der Waals surface area (Å²) in [5.74, 6) is 0.346. The molecule has 0 aromatic heterocycles. The fourth-order valence-corrected chi connectivity index (χ4v) is 3.92. The molecule has 0 radical (unpaired) electrons. The highest BCUT2D eigenvalue weighted by atomic mass is 16.6. The van der Waals surface area contributed by atoms with E-state index in [4.69, 9.17) is 0 Å². The molecule has 2 saturated heterocycles. The summed E-state index contributed by atoms with van der Waals surface area (Å²) < 4.78 is 0. The predicted octanol–water partition coefficient (Wildman–Crippen LogP) is 2.27. The molecule has 1 unspecified atom stereocenters. The van der Waals surface area contributed by atoms with E-state index in [-0.39, 0.29) is 16.5 Å². The van der Waals surface area contributed by atoms with Crippen LogP contribution in [-0.4, -0.2) is 55.5 Å². The molecule has 1 N–H and O–H groups in total. The Balaban J connectivity index is 1.80. The average Bonchev–Trinajstić information content (AvgIpc) is 3.15. The van der Waals surface area contributed by atoms with Crippen LogP contribution >= 0.6 is 0 Å². The zero-order chi connectivity index (χ0) is 17.8. The molecule has 7 nitrogen and oxygen atoms in total. The number of carbonyl (C=O) groups excluding carboxylic acids is 1. The Labute approximate surface area is 148 Å². The van der Waals surface area contributed by atoms with Gasteiger partial charge < -0.3 is 15.1 Å². The molecule has 1 atom stereocenters. The Morgan fingerprint density at radius 2 is 2.04 bits per heavy atom. The van der Waals surface area contributed by atoms with Crippen LogP contribution in [0.15, 0.2) is 18.2 Å². The number of likely N-dealkylation sites (tertiary alicyclic amines) is 1. The van der Waals surface area contributed by atoms with E-state index < -0.39 is 0 Å². The van der Waals surface area contributed by atoms with E-state index in [0.29, 0.717) is 23.7 Å². The quantitative estimate of drug-likeness (QED) is 0.653. The van der Waals surface area contributed by atoms with E-state index in [2.05, 4.69) is 5.32 Å². The van der Waals surface area contributed by atoms with Crippen molar-refractivity contribution >= 4 is 17.3 Å². The highest BCUT2D eigenvalue weighted by Crippen LogP contribution is 2.32. The number of nitro groups is 1. The molecular formula is C18H26N4O3. The number of piperidine rings is 1. The number of nitrogens with one attached hydrogen (secondary N) is 1.